The van der Waals surface area contributed by atoms with E-state index < -0.39 is 0 Å². The first-order valence-electron chi connectivity index (χ1n) is 5.38. The third-order valence-electron chi connectivity index (χ3n) is 2.39. The van der Waals surface area contributed by atoms with Crippen LogP contribution in [-0.4, -0.2) is 11.2 Å². The summed E-state index contributed by atoms with van der Waals surface area (Å²) in [5, 5.41) is 9.14. The zero-order valence-electron chi connectivity index (χ0n) is 8.84. The molecule has 0 saturated heterocycles. The Bertz CT molecular complexity index is 83.0. The van der Waals surface area contributed by atoms with Gasteiger partial charge in [-0.3, -0.25) is 0 Å². The summed E-state index contributed by atoms with van der Waals surface area (Å²) in [6, 6.07) is 0. The standard InChI is InChI=1S/C11H24O/c1-4-6-11(7-5-2)9-8-10(3)12/h10-12H,4-9H2,1-3H3. The van der Waals surface area contributed by atoms with Crippen LogP contribution in [0.2, 0.25) is 0 Å². The highest BCUT2D eigenvalue weighted by Gasteiger charge is 2.07. The van der Waals surface area contributed by atoms with Crippen LogP contribution in [0.3, 0.4) is 0 Å². The van der Waals surface area contributed by atoms with Gasteiger partial charge in [-0.25, -0.2) is 0 Å². The largest absolute Gasteiger partial charge is 0.393 e. The maximum atomic E-state index is 9.14. The lowest BCUT2D eigenvalue weighted by Gasteiger charge is -2.15. The van der Waals surface area contributed by atoms with Crippen LogP contribution >= 0.6 is 0 Å². The second-order valence-electron chi connectivity index (χ2n) is 3.87. The Morgan fingerprint density at radius 1 is 0.917 bits per heavy atom. The van der Waals surface area contributed by atoms with Gasteiger partial charge in [-0.2, -0.15) is 0 Å². The lowest BCUT2D eigenvalue weighted by atomic mass is 9.92. The van der Waals surface area contributed by atoms with Crippen LogP contribution in [0.4, 0.5) is 0 Å². The van der Waals surface area contributed by atoms with Crippen molar-refractivity contribution in [3.8, 4) is 0 Å². The molecule has 0 aromatic rings. The third kappa shape index (κ3) is 6.66. The van der Waals surface area contributed by atoms with E-state index in [2.05, 4.69) is 13.8 Å². The molecule has 0 heterocycles. The lowest BCUT2D eigenvalue weighted by Crippen LogP contribution is -2.06. The highest BCUT2D eigenvalue weighted by Crippen LogP contribution is 2.19. The second-order valence-corrected chi connectivity index (χ2v) is 3.87. The van der Waals surface area contributed by atoms with Crippen LogP contribution in [0.5, 0.6) is 0 Å². The molecule has 1 N–H and O–H groups in total. The van der Waals surface area contributed by atoms with Gasteiger partial charge in [-0.1, -0.05) is 39.5 Å². The Labute approximate surface area is 77.2 Å². The highest BCUT2D eigenvalue weighted by atomic mass is 16.3. The number of aliphatic hydroxyl groups is 1. The van der Waals surface area contributed by atoms with Crippen molar-refractivity contribution in [2.24, 2.45) is 5.92 Å². The molecule has 0 spiro atoms. The quantitative estimate of drug-likeness (QED) is 0.624. The molecule has 0 radical (unpaired) electrons. The van der Waals surface area contributed by atoms with Gasteiger partial charge in [0.2, 0.25) is 0 Å². The van der Waals surface area contributed by atoms with Gasteiger partial charge in [0.25, 0.3) is 0 Å². The molecular weight excluding hydrogens is 148 g/mol. The molecule has 1 atom stereocenters. The summed E-state index contributed by atoms with van der Waals surface area (Å²) in [4.78, 5) is 0. The zero-order valence-corrected chi connectivity index (χ0v) is 8.84. The van der Waals surface area contributed by atoms with Crippen molar-refractivity contribution in [3.05, 3.63) is 0 Å². The first kappa shape index (κ1) is 12.0. The van der Waals surface area contributed by atoms with E-state index >= 15 is 0 Å². The maximum Gasteiger partial charge on any atom is 0.0512 e. The molecule has 1 nitrogen and oxygen atoms in total. The first-order chi connectivity index (χ1) is 5.70. The minimum absolute atomic E-state index is 0.110. The number of aliphatic hydroxyl groups excluding tert-OH is 1. The van der Waals surface area contributed by atoms with Crippen LogP contribution in [0.1, 0.15) is 59.3 Å². The van der Waals surface area contributed by atoms with Crippen molar-refractivity contribution >= 4 is 0 Å². The molecule has 0 amide bonds. The molecule has 0 bridgehead atoms. The van der Waals surface area contributed by atoms with Crippen LogP contribution in [0, 0.1) is 5.92 Å². The smallest absolute Gasteiger partial charge is 0.0512 e. The summed E-state index contributed by atoms with van der Waals surface area (Å²) >= 11 is 0. The SMILES string of the molecule is CCCC(CCC)CCC(C)O. The fourth-order valence-electron chi connectivity index (χ4n) is 1.73. The van der Waals surface area contributed by atoms with Crippen molar-refractivity contribution in [1.82, 2.24) is 0 Å². The number of hydrogen-bond donors (Lipinski definition) is 1. The minimum Gasteiger partial charge on any atom is -0.393 e. The maximum absolute atomic E-state index is 9.14. The average Bonchev–Trinajstić information content (AvgIpc) is 2.01. The Hall–Kier alpha value is -0.0400. The minimum atomic E-state index is -0.110. The first-order valence-corrected chi connectivity index (χ1v) is 5.38. The number of rotatable bonds is 7. The summed E-state index contributed by atoms with van der Waals surface area (Å²) in [5.74, 6) is 0.856. The van der Waals surface area contributed by atoms with Gasteiger partial charge in [0, 0.05) is 0 Å². The second kappa shape index (κ2) is 7.60. The molecule has 0 rings (SSSR count). The van der Waals surface area contributed by atoms with Crippen LogP contribution in [-0.2, 0) is 0 Å². The van der Waals surface area contributed by atoms with Crippen LogP contribution < -0.4 is 0 Å². The molecule has 0 aliphatic rings. The fourth-order valence-corrected chi connectivity index (χ4v) is 1.73. The van der Waals surface area contributed by atoms with Gasteiger partial charge in [-0.15, -0.1) is 0 Å². The van der Waals surface area contributed by atoms with Crippen LogP contribution in [0.15, 0.2) is 0 Å². The summed E-state index contributed by atoms with van der Waals surface area (Å²) in [6.45, 7) is 6.37. The van der Waals surface area contributed by atoms with Crippen LogP contribution in [0.25, 0.3) is 0 Å². The third-order valence-corrected chi connectivity index (χ3v) is 2.39. The molecule has 0 aliphatic heterocycles. The van der Waals surface area contributed by atoms with Gasteiger partial charge in [0.15, 0.2) is 0 Å². The van der Waals surface area contributed by atoms with E-state index in [1.807, 2.05) is 6.92 Å². The molecule has 1 heteroatoms. The van der Waals surface area contributed by atoms with Gasteiger partial charge in [0.05, 0.1) is 6.10 Å². The topological polar surface area (TPSA) is 20.2 Å². The fraction of sp³-hybridized carbons (Fsp3) is 1.00. The predicted molar refractivity (Wildman–Crippen MR) is 54.2 cm³/mol. The van der Waals surface area contributed by atoms with Crippen molar-refractivity contribution in [2.75, 3.05) is 0 Å². The average molecular weight is 172 g/mol. The van der Waals surface area contributed by atoms with Gasteiger partial charge >= 0.3 is 0 Å². The van der Waals surface area contributed by atoms with Gasteiger partial charge in [0.1, 0.15) is 0 Å². The van der Waals surface area contributed by atoms with E-state index in [4.69, 9.17) is 5.11 Å². The van der Waals surface area contributed by atoms with Crippen molar-refractivity contribution in [3.63, 3.8) is 0 Å². The Kier molecular flexibility index (Phi) is 7.58. The van der Waals surface area contributed by atoms with E-state index in [-0.39, 0.29) is 6.10 Å². The van der Waals surface area contributed by atoms with Crippen molar-refractivity contribution in [2.45, 2.75) is 65.4 Å². The van der Waals surface area contributed by atoms with Gasteiger partial charge in [-0.05, 0) is 25.7 Å². The number of hydrogen-bond acceptors (Lipinski definition) is 1. The Morgan fingerprint density at radius 3 is 1.75 bits per heavy atom. The van der Waals surface area contributed by atoms with Crippen molar-refractivity contribution in [1.29, 1.82) is 0 Å². The highest BCUT2D eigenvalue weighted by molar-refractivity contribution is 4.60. The molecule has 12 heavy (non-hydrogen) atoms. The molecule has 0 fully saturated rings. The summed E-state index contributed by atoms with van der Waals surface area (Å²) < 4.78 is 0. The molecule has 0 aromatic heterocycles. The molecule has 0 aromatic carbocycles. The summed E-state index contributed by atoms with van der Waals surface area (Å²) in [6.07, 6.45) is 7.31. The summed E-state index contributed by atoms with van der Waals surface area (Å²) in [7, 11) is 0. The lowest BCUT2D eigenvalue weighted by molar-refractivity contribution is 0.170. The summed E-state index contributed by atoms with van der Waals surface area (Å²) in [5.41, 5.74) is 0. The molecule has 74 valence electrons. The predicted octanol–water partition coefficient (Wildman–Crippen LogP) is 3.36. The van der Waals surface area contributed by atoms with Gasteiger partial charge < -0.3 is 5.11 Å². The molecule has 1 unspecified atom stereocenters. The monoisotopic (exact) mass is 172 g/mol. The van der Waals surface area contributed by atoms with E-state index in [1.165, 1.54) is 32.1 Å². The molecular formula is C11H24O. The van der Waals surface area contributed by atoms with E-state index in [0.717, 1.165) is 12.3 Å². The Balaban J connectivity index is 3.48. The van der Waals surface area contributed by atoms with Crippen molar-refractivity contribution < 1.29 is 5.11 Å². The molecule has 0 aliphatic carbocycles. The Morgan fingerprint density at radius 2 is 1.42 bits per heavy atom. The zero-order chi connectivity index (χ0) is 9.40. The normalized spacial score (nSPS) is 13.8. The molecule has 0 saturated carbocycles. The van der Waals surface area contributed by atoms with E-state index in [0.29, 0.717) is 0 Å². The van der Waals surface area contributed by atoms with E-state index in [9.17, 15) is 0 Å². The van der Waals surface area contributed by atoms with E-state index in [1.54, 1.807) is 0 Å².